The van der Waals surface area contributed by atoms with Gasteiger partial charge in [0.15, 0.2) is 0 Å². The monoisotopic (exact) mass is 597 g/mol. The van der Waals surface area contributed by atoms with Crippen LogP contribution in [0.1, 0.15) is 168 Å². The molecule has 0 N–H and O–H groups in total. The van der Waals surface area contributed by atoms with E-state index in [1.165, 1.54) is 128 Å². The quantitative estimate of drug-likeness (QED) is 0.0569. The molecule has 0 aliphatic rings. The Morgan fingerprint density at radius 3 is 1.10 bits per heavy atom. The second-order valence-corrected chi connectivity index (χ2v) is 11.8. The average molecular weight is 598 g/mol. The Morgan fingerprint density at radius 2 is 0.786 bits per heavy atom. The fourth-order valence-corrected chi connectivity index (χ4v) is 5.13. The molecule has 0 fully saturated rings. The summed E-state index contributed by atoms with van der Waals surface area (Å²) in [6.07, 6.45) is 28.1. The molecule has 0 aromatic heterocycles. The maximum atomic E-state index is 12.4. The van der Waals surface area contributed by atoms with Crippen LogP contribution in [0.4, 0.5) is 0 Å². The predicted octanol–water partition coefficient (Wildman–Crippen LogP) is 8.95. The summed E-state index contributed by atoms with van der Waals surface area (Å²) in [6, 6.07) is 0. The number of hydrogen-bond acceptors (Lipinski definition) is 6. The third-order valence-corrected chi connectivity index (χ3v) is 7.84. The van der Waals surface area contributed by atoms with Crippen molar-refractivity contribution in [2.45, 2.75) is 168 Å². The molecule has 0 saturated carbocycles. The number of carbonyl (C=O) groups is 3. The van der Waals surface area contributed by atoms with E-state index < -0.39 is 0 Å². The summed E-state index contributed by atoms with van der Waals surface area (Å²) >= 11 is 0. The van der Waals surface area contributed by atoms with Gasteiger partial charge in [0.1, 0.15) is 19.8 Å². The molecule has 0 aromatic carbocycles. The van der Waals surface area contributed by atoms with Gasteiger partial charge in [-0.2, -0.15) is 0 Å². The number of esters is 2. The van der Waals surface area contributed by atoms with Crippen LogP contribution < -0.4 is 0 Å². The van der Waals surface area contributed by atoms with E-state index in [0.29, 0.717) is 12.8 Å². The molecule has 0 atom stereocenters. The Morgan fingerprint density at radius 1 is 0.476 bits per heavy atom. The van der Waals surface area contributed by atoms with Gasteiger partial charge in [-0.05, 0) is 12.8 Å². The van der Waals surface area contributed by atoms with E-state index >= 15 is 0 Å². The van der Waals surface area contributed by atoms with E-state index in [1.54, 1.807) is 0 Å². The lowest BCUT2D eigenvalue weighted by atomic mass is 10.1. The largest absolute Gasteiger partial charge is 0.464 e. The first-order valence-corrected chi connectivity index (χ1v) is 17.6. The lowest BCUT2D eigenvalue weighted by molar-refractivity contribution is -0.148. The summed E-state index contributed by atoms with van der Waals surface area (Å²) in [6.45, 7) is 5.24. The topological polar surface area (TPSA) is 82.1 Å². The van der Waals surface area contributed by atoms with Crippen LogP contribution in [-0.4, -0.2) is 62.8 Å². The van der Waals surface area contributed by atoms with E-state index in [-0.39, 0.29) is 50.8 Å². The molecule has 0 bridgehead atoms. The third-order valence-electron chi connectivity index (χ3n) is 7.84. The highest BCUT2D eigenvalue weighted by Crippen LogP contribution is 2.13. The van der Waals surface area contributed by atoms with Gasteiger partial charge in [0.25, 0.3) is 0 Å². The van der Waals surface area contributed by atoms with Gasteiger partial charge >= 0.3 is 11.9 Å². The number of ether oxygens (including phenoxy) is 3. The highest BCUT2D eigenvalue weighted by Gasteiger charge is 2.15. The van der Waals surface area contributed by atoms with Gasteiger partial charge in [-0.25, -0.2) is 0 Å². The zero-order valence-corrected chi connectivity index (χ0v) is 27.9. The number of rotatable bonds is 32. The summed E-state index contributed by atoms with van der Waals surface area (Å²) in [7, 11) is 1.47. The van der Waals surface area contributed by atoms with Crippen molar-refractivity contribution in [2.75, 3.05) is 40.0 Å². The van der Waals surface area contributed by atoms with Crippen LogP contribution in [-0.2, 0) is 28.6 Å². The minimum Gasteiger partial charge on any atom is -0.464 e. The molecule has 0 rings (SSSR count). The summed E-state index contributed by atoms with van der Waals surface area (Å²) in [5, 5.41) is 0. The Labute approximate surface area is 259 Å². The number of methoxy groups -OCH3 is 1. The molecule has 0 saturated heterocycles. The Kier molecular flexibility index (Phi) is 31.0. The fourth-order valence-electron chi connectivity index (χ4n) is 5.13. The standard InChI is InChI=1S/C35H67NO6/c1-4-6-8-10-12-14-16-18-20-22-24-26-34(38)41-30-28-36(33(37)32-40-3)29-31-42-35(39)27-25-23-21-19-17-15-13-11-9-7-5-2/h4-32H2,1-3H3. The number of nitrogens with zero attached hydrogens (tertiary/aromatic N) is 1. The van der Waals surface area contributed by atoms with E-state index in [2.05, 4.69) is 13.8 Å². The SMILES string of the molecule is CCCCCCCCCCCCCC(=O)OCCN(CCOC(=O)CCCCCCCCCCCCC)C(=O)COC. The molecule has 0 spiro atoms. The van der Waals surface area contributed by atoms with Crippen molar-refractivity contribution in [2.24, 2.45) is 0 Å². The first-order valence-electron chi connectivity index (χ1n) is 17.6. The van der Waals surface area contributed by atoms with Gasteiger partial charge < -0.3 is 19.1 Å². The first-order chi connectivity index (χ1) is 20.5. The van der Waals surface area contributed by atoms with E-state index in [4.69, 9.17) is 14.2 Å². The van der Waals surface area contributed by atoms with Gasteiger partial charge in [0, 0.05) is 20.0 Å². The predicted molar refractivity (Wildman–Crippen MR) is 173 cm³/mol. The summed E-state index contributed by atoms with van der Waals surface area (Å²) in [5.41, 5.74) is 0. The minimum absolute atomic E-state index is 0.0562. The van der Waals surface area contributed by atoms with Crippen LogP contribution in [0.2, 0.25) is 0 Å². The molecule has 7 nitrogen and oxygen atoms in total. The molecule has 0 radical (unpaired) electrons. The second-order valence-electron chi connectivity index (χ2n) is 11.8. The van der Waals surface area contributed by atoms with Crippen LogP contribution in [0.15, 0.2) is 0 Å². The maximum Gasteiger partial charge on any atom is 0.305 e. The van der Waals surface area contributed by atoms with Crippen molar-refractivity contribution in [1.29, 1.82) is 0 Å². The zero-order chi connectivity index (χ0) is 30.9. The van der Waals surface area contributed by atoms with Gasteiger partial charge in [0.2, 0.25) is 5.91 Å². The highest BCUT2D eigenvalue weighted by atomic mass is 16.5. The molecule has 0 aliphatic heterocycles. The molecule has 0 aromatic rings. The molecule has 248 valence electrons. The van der Waals surface area contributed by atoms with Crippen molar-refractivity contribution in [3.8, 4) is 0 Å². The average Bonchev–Trinajstić information content (AvgIpc) is 2.98. The van der Waals surface area contributed by atoms with Gasteiger partial charge in [-0.1, -0.05) is 142 Å². The lowest BCUT2D eigenvalue weighted by Crippen LogP contribution is -2.39. The van der Waals surface area contributed by atoms with Crippen LogP contribution in [0.5, 0.6) is 0 Å². The number of carbonyl (C=O) groups excluding carboxylic acids is 3. The Balaban J connectivity index is 3.86. The van der Waals surface area contributed by atoms with E-state index in [9.17, 15) is 14.4 Å². The summed E-state index contributed by atoms with van der Waals surface area (Å²) < 4.78 is 15.7. The number of amides is 1. The minimum atomic E-state index is -0.219. The van der Waals surface area contributed by atoms with Crippen molar-refractivity contribution < 1.29 is 28.6 Å². The normalized spacial score (nSPS) is 11.0. The molecule has 7 heteroatoms. The van der Waals surface area contributed by atoms with Crippen LogP contribution in [0.25, 0.3) is 0 Å². The smallest absolute Gasteiger partial charge is 0.305 e. The molecular weight excluding hydrogens is 530 g/mol. The highest BCUT2D eigenvalue weighted by molar-refractivity contribution is 5.77. The van der Waals surface area contributed by atoms with E-state index in [1.807, 2.05) is 0 Å². The lowest BCUT2D eigenvalue weighted by Gasteiger charge is -2.22. The second kappa shape index (κ2) is 32.3. The number of hydrogen-bond donors (Lipinski definition) is 0. The van der Waals surface area contributed by atoms with Crippen molar-refractivity contribution in [1.82, 2.24) is 4.90 Å². The summed E-state index contributed by atoms with van der Waals surface area (Å²) in [5.74, 6) is -0.646. The van der Waals surface area contributed by atoms with Crippen LogP contribution in [0, 0.1) is 0 Å². The van der Waals surface area contributed by atoms with Crippen molar-refractivity contribution >= 4 is 17.8 Å². The maximum absolute atomic E-state index is 12.4. The third kappa shape index (κ3) is 28.5. The molecule has 0 unspecified atom stereocenters. The van der Waals surface area contributed by atoms with Gasteiger partial charge in [-0.3, -0.25) is 14.4 Å². The van der Waals surface area contributed by atoms with Crippen molar-refractivity contribution in [3.05, 3.63) is 0 Å². The molecular formula is C35H67NO6. The Bertz CT molecular complexity index is 583. The van der Waals surface area contributed by atoms with Gasteiger partial charge in [0.05, 0.1) is 13.1 Å². The molecule has 1 amide bonds. The zero-order valence-electron chi connectivity index (χ0n) is 27.9. The molecule has 42 heavy (non-hydrogen) atoms. The Hall–Kier alpha value is -1.63. The first kappa shape index (κ1) is 40.4. The van der Waals surface area contributed by atoms with Crippen LogP contribution in [0.3, 0.4) is 0 Å². The van der Waals surface area contributed by atoms with E-state index in [0.717, 1.165) is 25.7 Å². The number of unbranched alkanes of at least 4 members (excludes halogenated alkanes) is 20. The van der Waals surface area contributed by atoms with Gasteiger partial charge in [-0.15, -0.1) is 0 Å². The molecule has 0 aliphatic carbocycles. The van der Waals surface area contributed by atoms with Crippen molar-refractivity contribution in [3.63, 3.8) is 0 Å². The fraction of sp³-hybridized carbons (Fsp3) is 0.914. The molecule has 0 heterocycles. The summed E-state index contributed by atoms with van der Waals surface area (Å²) in [4.78, 5) is 38.1. The van der Waals surface area contributed by atoms with Crippen LogP contribution >= 0.6 is 0 Å².